The average Bonchev–Trinajstić information content (AvgIpc) is 2.72. The minimum Gasteiger partial charge on any atom is -0.490 e. The molecule has 0 amide bonds. The van der Waals surface area contributed by atoms with Crippen LogP contribution in [0, 0.1) is 0 Å². The van der Waals surface area contributed by atoms with Gasteiger partial charge in [-0.3, -0.25) is 0 Å². The van der Waals surface area contributed by atoms with E-state index in [0.717, 1.165) is 33.4 Å². The van der Waals surface area contributed by atoms with Crippen LogP contribution < -0.4 is 15.2 Å². The van der Waals surface area contributed by atoms with Crippen LogP contribution in [0.15, 0.2) is 46.5 Å². The number of nitrogens with zero attached hydrogens (tertiary/aromatic N) is 1. The van der Waals surface area contributed by atoms with E-state index in [1.54, 1.807) is 18.0 Å². The van der Waals surface area contributed by atoms with Gasteiger partial charge in [0.05, 0.1) is 13.2 Å². The molecule has 2 aromatic rings. The second-order valence-corrected chi connectivity index (χ2v) is 5.50. The molecule has 20 heavy (non-hydrogen) atoms. The highest BCUT2D eigenvalue weighted by molar-refractivity contribution is 7.99. The van der Waals surface area contributed by atoms with E-state index in [1.807, 2.05) is 30.3 Å². The Morgan fingerprint density at radius 3 is 2.85 bits per heavy atom. The van der Waals surface area contributed by atoms with Crippen LogP contribution in [0.4, 0.5) is 0 Å². The van der Waals surface area contributed by atoms with E-state index >= 15 is 0 Å². The van der Waals surface area contributed by atoms with Crippen LogP contribution in [0.2, 0.25) is 0 Å². The van der Waals surface area contributed by atoms with Gasteiger partial charge in [0.15, 0.2) is 11.5 Å². The summed E-state index contributed by atoms with van der Waals surface area (Å²) in [4.78, 5) is 5.46. The number of rotatable bonds is 3. The Bertz CT molecular complexity index is 604. The Kier molecular flexibility index (Phi) is 4.08. The van der Waals surface area contributed by atoms with Gasteiger partial charge in [0.25, 0.3) is 0 Å². The van der Waals surface area contributed by atoms with Crippen LogP contribution in [0.3, 0.4) is 0 Å². The summed E-state index contributed by atoms with van der Waals surface area (Å²) >= 11 is 1.59. The second-order valence-electron chi connectivity index (χ2n) is 4.43. The number of pyridine rings is 1. The SMILES string of the molecule is NCc1cccnc1Sc1ccc2c(c1)OCCCO2. The Hall–Kier alpha value is -1.72. The third-order valence-electron chi connectivity index (χ3n) is 3.00. The molecule has 1 aromatic carbocycles. The average molecular weight is 288 g/mol. The number of aromatic nitrogens is 1. The number of hydrogen-bond acceptors (Lipinski definition) is 5. The van der Waals surface area contributed by atoms with Crippen molar-refractivity contribution in [2.75, 3.05) is 13.2 Å². The summed E-state index contributed by atoms with van der Waals surface area (Å²) in [6.07, 6.45) is 2.69. The van der Waals surface area contributed by atoms with Crippen molar-refractivity contribution < 1.29 is 9.47 Å². The van der Waals surface area contributed by atoms with Crippen LogP contribution in [0.5, 0.6) is 11.5 Å². The van der Waals surface area contributed by atoms with Gasteiger partial charge >= 0.3 is 0 Å². The summed E-state index contributed by atoms with van der Waals surface area (Å²) in [7, 11) is 0. The molecule has 0 saturated carbocycles. The van der Waals surface area contributed by atoms with Crippen molar-refractivity contribution >= 4 is 11.8 Å². The summed E-state index contributed by atoms with van der Waals surface area (Å²) in [5, 5.41) is 0.935. The molecule has 0 saturated heterocycles. The van der Waals surface area contributed by atoms with Gasteiger partial charge in [-0.15, -0.1) is 0 Å². The third-order valence-corrected chi connectivity index (χ3v) is 4.05. The Morgan fingerprint density at radius 1 is 1.15 bits per heavy atom. The molecule has 0 unspecified atom stereocenters. The summed E-state index contributed by atoms with van der Waals surface area (Å²) in [6.45, 7) is 1.89. The predicted octanol–water partition coefficient (Wildman–Crippen LogP) is 2.85. The maximum Gasteiger partial charge on any atom is 0.162 e. The minimum absolute atomic E-state index is 0.487. The quantitative estimate of drug-likeness (QED) is 0.941. The van der Waals surface area contributed by atoms with Gasteiger partial charge in [0.2, 0.25) is 0 Å². The lowest BCUT2D eigenvalue weighted by molar-refractivity contribution is 0.297. The molecule has 0 spiro atoms. The number of benzene rings is 1. The largest absolute Gasteiger partial charge is 0.490 e. The summed E-state index contributed by atoms with van der Waals surface area (Å²) in [5.41, 5.74) is 6.78. The molecule has 2 heterocycles. The zero-order valence-electron chi connectivity index (χ0n) is 11.0. The van der Waals surface area contributed by atoms with Crippen LogP contribution in [0.1, 0.15) is 12.0 Å². The summed E-state index contributed by atoms with van der Waals surface area (Å²) < 4.78 is 11.3. The molecule has 0 atom stereocenters. The smallest absolute Gasteiger partial charge is 0.162 e. The highest BCUT2D eigenvalue weighted by Crippen LogP contribution is 2.36. The maximum atomic E-state index is 5.74. The van der Waals surface area contributed by atoms with Crippen LogP contribution in [-0.2, 0) is 6.54 Å². The van der Waals surface area contributed by atoms with Crippen molar-refractivity contribution in [2.45, 2.75) is 22.9 Å². The molecule has 3 rings (SSSR count). The lowest BCUT2D eigenvalue weighted by Gasteiger charge is -2.10. The molecule has 0 bridgehead atoms. The van der Waals surface area contributed by atoms with Gasteiger partial charge < -0.3 is 15.2 Å². The molecule has 1 aliphatic heterocycles. The van der Waals surface area contributed by atoms with Gasteiger partial charge in [-0.25, -0.2) is 4.98 Å². The van der Waals surface area contributed by atoms with Crippen molar-refractivity contribution in [3.05, 3.63) is 42.1 Å². The van der Waals surface area contributed by atoms with E-state index in [4.69, 9.17) is 15.2 Å². The molecule has 2 N–H and O–H groups in total. The van der Waals surface area contributed by atoms with E-state index < -0.39 is 0 Å². The highest BCUT2D eigenvalue weighted by Gasteiger charge is 2.12. The van der Waals surface area contributed by atoms with Crippen molar-refractivity contribution in [2.24, 2.45) is 5.73 Å². The molecule has 104 valence electrons. The fraction of sp³-hybridized carbons (Fsp3) is 0.267. The zero-order chi connectivity index (χ0) is 13.8. The first kappa shape index (κ1) is 13.3. The molecule has 0 aliphatic carbocycles. The predicted molar refractivity (Wildman–Crippen MR) is 78.3 cm³/mol. The highest BCUT2D eigenvalue weighted by atomic mass is 32.2. The third kappa shape index (κ3) is 2.89. The van der Waals surface area contributed by atoms with E-state index in [1.165, 1.54) is 0 Å². The topological polar surface area (TPSA) is 57.4 Å². The Balaban J connectivity index is 1.86. The van der Waals surface area contributed by atoms with Crippen molar-refractivity contribution in [1.82, 2.24) is 4.98 Å². The maximum absolute atomic E-state index is 5.74. The van der Waals surface area contributed by atoms with Gasteiger partial charge in [-0.2, -0.15) is 0 Å². The van der Waals surface area contributed by atoms with E-state index in [0.29, 0.717) is 19.8 Å². The van der Waals surface area contributed by atoms with E-state index in [9.17, 15) is 0 Å². The van der Waals surface area contributed by atoms with Gasteiger partial charge in [0.1, 0.15) is 5.03 Å². The van der Waals surface area contributed by atoms with Crippen LogP contribution in [0.25, 0.3) is 0 Å². The molecule has 5 heteroatoms. The van der Waals surface area contributed by atoms with Gasteiger partial charge in [-0.1, -0.05) is 17.8 Å². The Morgan fingerprint density at radius 2 is 2.00 bits per heavy atom. The van der Waals surface area contributed by atoms with Crippen LogP contribution in [-0.4, -0.2) is 18.2 Å². The number of nitrogens with two attached hydrogens (primary N) is 1. The monoisotopic (exact) mass is 288 g/mol. The molecule has 4 nitrogen and oxygen atoms in total. The number of hydrogen-bond donors (Lipinski definition) is 1. The second kappa shape index (κ2) is 6.15. The standard InChI is InChI=1S/C15H16N2O2S/c16-10-11-3-1-6-17-15(11)20-12-4-5-13-14(9-12)19-8-2-7-18-13/h1,3-6,9H,2,7-8,10,16H2. The first-order valence-electron chi connectivity index (χ1n) is 6.58. The summed E-state index contributed by atoms with van der Waals surface area (Å²) in [5.74, 6) is 1.62. The van der Waals surface area contributed by atoms with Gasteiger partial charge in [-0.05, 0) is 29.8 Å². The fourth-order valence-electron chi connectivity index (χ4n) is 1.99. The van der Waals surface area contributed by atoms with E-state index in [-0.39, 0.29) is 0 Å². The summed E-state index contributed by atoms with van der Waals surface area (Å²) in [6, 6.07) is 9.88. The molecular formula is C15H16N2O2S. The van der Waals surface area contributed by atoms with E-state index in [2.05, 4.69) is 4.98 Å². The lowest BCUT2D eigenvalue weighted by Crippen LogP contribution is -1.99. The first-order valence-corrected chi connectivity index (χ1v) is 7.40. The molecular weight excluding hydrogens is 272 g/mol. The first-order chi connectivity index (χ1) is 9.86. The zero-order valence-corrected chi connectivity index (χ0v) is 11.9. The fourth-order valence-corrected chi connectivity index (χ4v) is 2.91. The van der Waals surface area contributed by atoms with Crippen molar-refractivity contribution in [3.63, 3.8) is 0 Å². The lowest BCUT2D eigenvalue weighted by atomic mass is 10.3. The molecule has 1 aromatic heterocycles. The molecule has 1 aliphatic rings. The van der Waals surface area contributed by atoms with Gasteiger partial charge in [0, 0.05) is 24.1 Å². The minimum atomic E-state index is 0.487. The Labute approximate surface area is 122 Å². The van der Waals surface area contributed by atoms with Crippen molar-refractivity contribution in [1.29, 1.82) is 0 Å². The number of fused-ring (bicyclic) bond motifs is 1. The molecule has 0 radical (unpaired) electrons. The normalized spacial score (nSPS) is 13.8. The number of ether oxygens (including phenoxy) is 2. The molecule has 0 fully saturated rings. The van der Waals surface area contributed by atoms with Crippen molar-refractivity contribution in [3.8, 4) is 11.5 Å². The van der Waals surface area contributed by atoms with Crippen LogP contribution >= 0.6 is 11.8 Å².